The van der Waals surface area contributed by atoms with Gasteiger partial charge < -0.3 is 23.5 Å². The first-order valence-corrected chi connectivity index (χ1v) is 9.33. The monoisotopic (exact) mass is 383 g/mol. The molecule has 0 spiro atoms. The molecule has 2 aromatic carbocycles. The maximum absolute atomic E-state index is 11.4. The molecule has 3 rings (SSSR count). The van der Waals surface area contributed by atoms with Crippen LogP contribution in [0.1, 0.15) is 13.3 Å². The summed E-state index contributed by atoms with van der Waals surface area (Å²) >= 11 is 0. The topological polar surface area (TPSA) is 58.9 Å². The highest BCUT2D eigenvalue weighted by Gasteiger charge is 2.06. The average molecular weight is 383 g/mol. The number of ether oxygens (including phenoxy) is 4. The minimum atomic E-state index is -0.364. The highest BCUT2D eigenvalue weighted by atomic mass is 16.6. The van der Waals surface area contributed by atoms with Crippen LogP contribution in [0.3, 0.4) is 0 Å². The number of rotatable bonds is 10. The van der Waals surface area contributed by atoms with Gasteiger partial charge in [0.1, 0.15) is 17.2 Å². The molecular weight excluding hydrogens is 358 g/mol. The summed E-state index contributed by atoms with van der Waals surface area (Å²) < 4.78 is 23.5. The van der Waals surface area contributed by atoms with E-state index in [9.17, 15) is 4.79 Å². The number of nitrogens with zero attached hydrogens (tertiary/aromatic N) is 1. The van der Waals surface area contributed by atoms with Crippen LogP contribution < -0.4 is 14.2 Å². The Balaban J connectivity index is 1.50. The second kappa shape index (κ2) is 9.69. The third kappa shape index (κ3) is 5.19. The van der Waals surface area contributed by atoms with E-state index in [2.05, 4.69) is 4.57 Å². The van der Waals surface area contributed by atoms with Gasteiger partial charge in [-0.25, -0.2) is 4.79 Å². The van der Waals surface area contributed by atoms with E-state index in [0.29, 0.717) is 19.0 Å². The molecule has 1 aromatic heterocycles. The summed E-state index contributed by atoms with van der Waals surface area (Å²) in [6.45, 7) is 3.53. The van der Waals surface area contributed by atoms with E-state index in [1.54, 1.807) is 14.0 Å². The van der Waals surface area contributed by atoms with Crippen LogP contribution in [-0.4, -0.2) is 37.5 Å². The molecule has 0 aliphatic heterocycles. The predicted molar refractivity (Wildman–Crippen MR) is 107 cm³/mol. The highest BCUT2D eigenvalue weighted by Crippen LogP contribution is 2.23. The molecule has 0 saturated carbocycles. The number of fused-ring (bicyclic) bond motifs is 1. The van der Waals surface area contributed by atoms with Crippen molar-refractivity contribution in [2.75, 3.05) is 26.9 Å². The van der Waals surface area contributed by atoms with Crippen molar-refractivity contribution in [3.8, 4) is 17.2 Å². The van der Waals surface area contributed by atoms with Crippen LogP contribution in [0.25, 0.3) is 10.9 Å². The van der Waals surface area contributed by atoms with Gasteiger partial charge in [-0.1, -0.05) is 0 Å². The van der Waals surface area contributed by atoms with Crippen molar-refractivity contribution in [2.45, 2.75) is 19.9 Å². The molecule has 0 unspecified atom stereocenters. The van der Waals surface area contributed by atoms with Gasteiger partial charge in [0.15, 0.2) is 6.61 Å². The third-order valence-corrected chi connectivity index (χ3v) is 4.28. The molecular formula is C22H25NO5. The Bertz CT molecular complexity index is 901. The maximum atomic E-state index is 11.4. The predicted octanol–water partition coefficient (Wildman–Crippen LogP) is 4.06. The van der Waals surface area contributed by atoms with Crippen LogP contribution >= 0.6 is 0 Å². The summed E-state index contributed by atoms with van der Waals surface area (Å²) in [4.78, 5) is 11.4. The third-order valence-electron chi connectivity index (χ3n) is 4.28. The Morgan fingerprint density at radius 2 is 1.71 bits per heavy atom. The van der Waals surface area contributed by atoms with Gasteiger partial charge in [0, 0.05) is 23.6 Å². The number of hydrogen-bond acceptors (Lipinski definition) is 5. The number of carbonyl (C=O) groups excluding carboxylic acids is 1. The smallest absolute Gasteiger partial charge is 0.344 e. The van der Waals surface area contributed by atoms with Crippen LogP contribution in [0.15, 0.2) is 54.7 Å². The van der Waals surface area contributed by atoms with Gasteiger partial charge in [-0.3, -0.25) is 0 Å². The number of benzene rings is 2. The number of hydrogen-bond donors (Lipinski definition) is 0. The second-order valence-corrected chi connectivity index (χ2v) is 6.20. The summed E-state index contributed by atoms with van der Waals surface area (Å²) in [7, 11) is 1.65. The van der Waals surface area contributed by atoms with Gasteiger partial charge in [0.2, 0.25) is 0 Å². The van der Waals surface area contributed by atoms with Gasteiger partial charge in [0.05, 0.1) is 20.3 Å². The largest absolute Gasteiger partial charge is 0.497 e. The number of carbonyl (C=O) groups is 1. The van der Waals surface area contributed by atoms with Crippen molar-refractivity contribution in [3.63, 3.8) is 0 Å². The number of aryl methyl sites for hydroxylation is 1. The molecule has 3 aromatic rings. The van der Waals surface area contributed by atoms with Crippen molar-refractivity contribution < 1.29 is 23.7 Å². The molecule has 0 saturated heterocycles. The Kier molecular flexibility index (Phi) is 6.78. The highest BCUT2D eigenvalue weighted by molar-refractivity contribution is 5.81. The molecule has 0 atom stereocenters. The van der Waals surface area contributed by atoms with Crippen molar-refractivity contribution in [1.82, 2.24) is 4.57 Å². The minimum Gasteiger partial charge on any atom is -0.497 e. The Morgan fingerprint density at radius 1 is 0.964 bits per heavy atom. The van der Waals surface area contributed by atoms with Crippen LogP contribution in [0, 0.1) is 0 Å². The molecule has 0 aliphatic rings. The van der Waals surface area contributed by atoms with Gasteiger partial charge >= 0.3 is 5.97 Å². The standard InChI is InChI=1S/C22H25NO5/c1-3-26-22(24)16-28-20-9-10-21-17(15-20)11-13-23(21)12-4-14-27-19-7-5-18(25-2)6-8-19/h5-11,13,15H,3-4,12,14,16H2,1-2H3. The molecule has 0 fully saturated rings. The summed E-state index contributed by atoms with van der Waals surface area (Å²) in [6.07, 6.45) is 2.93. The Morgan fingerprint density at radius 3 is 2.46 bits per heavy atom. The average Bonchev–Trinajstić information content (AvgIpc) is 3.12. The molecule has 0 N–H and O–H groups in total. The van der Waals surface area contributed by atoms with Crippen molar-refractivity contribution >= 4 is 16.9 Å². The van der Waals surface area contributed by atoms with E-state index in [1.165, 1.54) is 0 Å². The maximum Gasteiger partial charge on any atom is 0.344 e. The van der Waals surface area contributed by atoms with Crippen molar-refractivity contribution in [2.24, 2.45) is 0 Å². The summed E-state index contributed by atoms with van der Waals surface area (Å²) in [6, 6.07) is 15.4. The fourth-order valence-corrected chi connectivity index (χ4v) is 2.90. The fraction of sp³-hybridized carbons (Fsp3) is 0.318. The number of esters is 1. The lowest BCUT2D eigenvalue weighted by atomic mass is 10.2. The summed E-state index contributed by atoms with van der Waals surface area (Å²) in [5, 5.41) is 1.07. The van der Waals surface area contributed by atoms with Crippen LogP contribution in [-0.2, 0) is 16.1 Å². The molecule has 28 heavy (non-hydrogen) atoms. The lowest BCUT2D eigenvalue weighted by Crippen LogP contribution is -2.14. The van der Waals surface area contributed by atoms with Crippen LogP contribution in [0.2, 0.25) is 0 Å². The van der Waals surface area contributed by atoms with E-state index in [-0.39, 0.29) is 12.6 Å². The van der Waals surface area contributed by atoms with E-state index in [1.807, 2.05) is 54.7 Å². The van der Waals surface area contributed by atoms with E-state index in [0.717, 1.165) is 35.4 Å². The van der Waals surface area contributed by atoms with Crippen molar-refractivity contribution in [1.29, 1.82) is 0 Å². The molecule has 0 bridgehead atoms. The van der Waals surface area contributed by atoms with Gasteiger partial charge in [-0.2, -0.15) is 0 Å². The lowest BCUT2D eigenvalue weighted by Gasteiger charge is -2.09. The zero-order valence-corrected chi connectivity index (χ0v) is 16.2. The molecule has 0 radical (unpaired) electrons. The number of methoxy groups -OCH3 is 1. The van der Waals surface area contributed by atoms with Crippen LogP contribution in [0.5, 0.6) is 17.2 Å². The lowest BCUT2D eigenvalue weighted by molar-refractivity contribution is -0.145. The molecule has 148 valence electrons. The van der Waals surface area contributed by atoms with E-state index < -0.39 is 0 Å². The first kappa shape index (κ1) is 19.6. The zero-order chi connectivity index (χ0) is 19.8. The quantitative estimate of drug-likeness (QED) is 0.390. The molecule has 6 heteroatoms. The van der Waals surface area contributed by atoms with Crippen LogP contribution in [0.4, 0.5) is 0 Å². The van der Waals surface area contributed by atoms with E-state index in [4.69, 9.17) is 18.9 Å². The first-order chi connectivity index (χ1) is 13.7. The SMILES string of the molecule is CCOC(=O)COc1ccc2c(ccn2CCCOc2ccc(OC)cc2)c1. The van der Waals surface area contributed by atoms with Gasteiger partial charge in [-0.05, 0) is 61.9 Å². The summed E-state index contributed by atoms with van der Waals surface area (Å²) in [5.74, 6) is 1.94. The van der Waals surface area contributed by atoms with E-state index >= 15 is 0 Å². The number of aromatic nitrogens is 1. The normalized spacial score (nSPS) is 10.6. The molecule has 0 amide bonds. The fourth-order valence-electron chi connectivity index (χ4n) is 2.90. The Hall–Kier alpha value is -3.15. The Labute approximate surface area is 164 Å². The molecule has 6 nitrogen and oxygen atoms in total. The van der Waals surface area contributed by atoms with Gasteiger partial charge in [-0.15, -0.1) is 0 Å². The zero-order valence-electron chi connectivity index (χ0n) is 16.2. The first-order valence-electron chi connectivity index (χ1n) is 9.33. The van der Waals surface area contributed by atoms with Crippen molar-refractivity contribution in [3.05, 3.63) is 54.7 Å². The minimum absolute atomic E-state index is 0.0806. The molecule has 1 heterocycles. The van der Waals surface area contributed by atoms with Gasteiger partial charge in [0.25, 0.3) is 0 Å². The summed E-state index contributed by atoms with van der Waals surface area (Å²) in [5.41, 5.74) is 1.12. The molecule has 0 aliphatic carbocycles. The second-order valence-electron chi connectivity index (χ2n) is 6.20.